The second kappa shape index (κ2) is 8.08. The largest absolute Gasteiger partial charge is 0.368 e. The lowest BCUT2D eigenvalue weighted by Crippen LogP contribution is -2.17. The fraction of sp³-hybridized carbons (Fsp3) is 0.458. The molecule has 0 spiro atoms. The van der Waals surface area contributed by atoms with Crippen LogP contribution in [0.25, 0.3) is 11.2 Å². The molecule has 1 saturated carbocycles. The van der Waals surface area contributed by atoms with Gasteiger partial charge in [-0.3, -0.25) is 4.79 Å². The van der Waals surface area contributed by atoms with Crippen LogP contribution in [0.1, 0.15) is 57.0 Å². The Morgan fingerprint density at radius 1 is 1.19 bits per heavy atom. The molecule has 3 N–H and O–H groups in total. The summed E-state index contributed by atoms with van der Waals surface area (Å²) in [4.78, 5) is 25.8. The van der Waals surface area contributed by atoms with Gasteiger partial charge in [0.1, 0.15) is 17.2 Å². The zero-order chi connectivity index (χ0) is 22.5. The van der Waals surface area contributed by atoms with Gasteiger partial charge in [0, 0.05) is 16.9 Å². The first-order chi connectivity index (χ1) is 15.3. The number of aryl methyl sites for hydroxylation is 1. The molecule has 0 bridgehead atoms. The van der Waals surface area contributed by atoms with E-state index in [4.69, 9.17) is 4.74 Å². The molecule has 1 unspecified atom stereocenters. The highest BCUT2D eigenvalue weighted by atomic mass is 32.2. The van der Waals surface area contributed by atoms with Gasteiger partial charge in [-0.1, -0.05) is 6.07 Å². The van der Waals surface area contributed by atoms with Gasteiger partial charge in [0.25, 0.3) is 0 Å². The second-order valence-corrected chi connectivity index (χ2v) is 10.2. The quantitative estimate of drug-likeness (QED) is 0.416. The van der Waals surface area contributed by atoms with Crippen molar-refractivity contribution >= 4 is 46.0 Å². The van der Waals surface area contributed by atoms with Gasteiger partial charge in [-0.05, 0) is 70.4 Å². The van der Waals surface area contributed by atoms with Gasteiger partial charge in [0.2, 0.25) is 5.91 Å². The smallest absolute Gasteiger partial charge is 0.228 e. The van der Waals surface area contributed by atoms with Crippen molar-refractivity contribution in [3.8, 4) is 0 Å². The zero-order valence-corrected chi connectivity index (χ0v) is 19.7. The van der Waals surface area contributed by atoms with E-state index in [2.05, 4.69) is 63.9 Å². The first kappa shape index (κ1) is 21.3. The minimum Gasteiger partial charge on any atom is -0.368 e. The summed E-state index contributed by atoms with van der Waals surface area (Å²) >= 11 is 1.69. The number of hydrogen-bond acceptors (Lipinski definition) is 6. The molecular formula is C24H29N5O2S. The van der Waals surface area contributed by atoms with Crippen LogP contribution in [0.15, 0.2) is 29.2 Å². The fourth-order valence-corrected chi connectivity index (χ4v) is 4.80. The molecule has 1 aromatic carbocycles. The minimum atomic E-state index is -0.0666. The van der Waals surface area contributed by atoms with E-state index in [0.29, 0.717) is 11.5 Å². The van der Waals surface area contributed by atoms with E-state index in [1.54, 1.807) is 11.8 Å². The van der Waals surface area contributed by atoms with Crippen LogP contribution in [0.5, 0.6) is 0 Å². The topological polar surface area (TPSA) is 91.9 Å². The van der Waals surface area contributed by atoms with Crippen LogP contribution >= 0.6 is 11.8 Å². The van der Waals surface area contributed by atoms with E-state index >= 15 is 0 Å². The van der Waals surface area contributed by atoms with Gasteiger partial charge in [-0.25, -0.2) is 9.97 Å². The van der Waals surface area contributed by atoms with Crippen LogP contribution in [0.3, 0.4) is 0 Å². The Labute approximate surface area is 192 Å². The van der Waals surface area contributed by atoms with Crippen molar-refractivity contribution in [2.24, 2.45) is 5.92 Å². The van der Waals surface area contributed by atoms with Gasteiger partial charge >= 0.3 is 0 Å². The van der Waals surface area contributed by atoms with E-state index < -0.39 is 0 Å². The molecule has 7 nitrogen and oxygen atoms in total. The van der Waals surface area contributed by atoms with E-state index in [0.717, 1.165) is 53.3 Å². The number of H-pyrrole nitrogens is 1. The number of carbonyl (C=O) groups is 1. The number of nitrogens with one attached hydrogen (secondary N) is 3. The highest BCUT2D eigenvalue weighted by Crippen LogP contribution is 2.41. The summed E-state index contributed by atoms with van der Waals surface area (Å²) in [6.07, 6.45) is 6.22. The van der Waals surface area contributed by atoms with Gasteiger partial charge in [-0.2, -0.15) is 0 Å². The lowest BCUT2D eigenvalue weighted by molar-refractivity contribution is -0.117. The van der Waals surface area contributed by atoms with Crippen molar-refractivity contribution in [1.29, 1.82) is 0 Å². The van der Waals surface area contributed by atoms with E-state index in [9.17, 15) is 4.79 Å². The number of aromatic nitrogens is 3. The number of aromatic amines is 1. The summed E-state index contributed by atoms with van der Waals surface area (Å²) in [5.41, 5.74) is 4.35. The third-order valence-electron chi connectivity index (χ3n) is 6.11. The number of fused-ring (bicyclic) bond motifs is 1. The molecular weight excluding hydrogens is 422 g/mol. The van der Waals surface area contributed by atoms with Crippen LogP contribution in [-0.4, -0.2) is 32.7 Å². The van der Waals surface area contributed by atoms with Crippen molar-refractivity contribution in [1.82, 2.24) is 15.0 Å². The number of pyridine rings is 1. The molecule has 1 saturated heterocycles. The highest BCUT2D eigenvalue weighted by Gasteiger charge is 2.33. The number of rotatable bonds is 6. The van der Waals surface area contributed by atoms with Crippen molar-refractivity contribution in [2.45, 2.75) is 63.1 Å². The normalized spacial score (nSPS) is 19.9. The maximum absolute atomic E-state index is 12.3. The van der Waals surface area contributed by atoms with Crippen LogP contribution in [0, 0.1) is 12.8 Å². The second-order valence-electron chi connectivity index (χ2n) is 9.33. The molecule has 1 aliphatic heterocycles. The molecule has 3 aromatic rings. The van der Waals surface area contributed by atoms with Gasteiger partial charge in [-0.15, -0.1) is 11.8 Å². The summed E-state index contributed by atoms with van der Waals surface area (Å²) < 4.78 is 6.24. The van der Waals surface area contributed by atoms with Crippen molar-refractivity contribution in [3.63, 3.8) is 0 Å². The first-order valence-corrected chi connectivity index (χ1v) is 12.3. The van der Waals surface area contributed by atoms with Crippen molar-refractivity contribution < 1.29 is 9.53 Å². The average molecular weight is 452 g/mol. The third kappa shape index (κ3) is 4.34. The summed E-state index contributed by atoms with van der Waals surface area (Å²) in [5.74, 6) is 1.46. The molecule has 0 radical (unpaired) electrons. The molecule has 2 aliphatic rings. The van der Waals surface area contributed by atoms with E-state index in [1.807, 2.05) is 13.0 Å². The maximum atomic E-state index is 12.3. The third-order valence-corrected chi connectivity index (χ3v) is 6.89. The molecule has 2 fully saturated rings. The number of thioether (sulfide) groups is 1. The number of ether oxygens (including phenoxy) is 1. The van der Waals surface area contributed by atoms with Crippen LogP contribution in [0.2, 0.25) is 0 Å². The maximum Gasteiger partial charge on any atom is 0.228 e. The molecule has 5 rings (SSSR count). The number of amides is 1. The first-order valence-electron chi connectivity index (χ1n) is 11.1. The molecule has 8 heteroatoms. The summed E-state index contributed by atoms with van der Waals surface area (Å²) in [6, 6.07) is 8.31. The van der Waals surface area contributed by atoms with Crippen molar-refractivity contribution in [3.05, 3.63) is 35.7 Å². The molecule has 1 aliphatic carbocycles. The van der Waals surface area contributed by atoms with Gasteiger partial charge < -0.3 is 20.4 Å². The number of imidazole rings is 1. The Kier molecular flexibility index (Phi) is 5.37. The molecule has 3 heterocycles. The van der Waals surface area contributed by atoms with Gasteiger partial charge in [0.05, 0.1) is 23.1 Å². The average Bonchev–Trinajstić information content (AvgIpc) is 3.44. The Morgan fingerprint density at radius 3 is 2.69 bits per heavy atom. The number of benzene rings is 1. The Morgan fingerprint density at radius 2 is 2.00 bits per heavy atom. The lowest BCUT2D eigenvalue weighted by Gasteiger charge is -2.20. The SMILES string of the molecule is CSc1cc(C2CCC(C)(C)O2)ccc1Nc1cc(NC(=O)C2CC2)nc2[nH]c(C)nc12. The molecule has 32 heavy (non-hydrogen) atoms. The molecule has 2 aromatic heterocycles. The Bertz CT molecular complexity index is 1180. The van der Waals surface area contributed by atoms with Crippen LogP contribution in [0.4, 0.5) is 17.2 Å². The predicted octanol–water partition coefficient (Wildman–Crippen LogP) is 5.71. The summed E-state index contributed by atoms with van der Waals surface area (Å²) in [7, 11) is 0. The predicted molar refractivity (Wildman–Crippen MR) is 129 cm³/mol. The summed E-state index contributed by atoms with van der Waals surface area (Å²) in [5, 5.41) is 6.49. The molecule has 168 valence electrons. The fourth-order valence-electron chi connectivity index (χ4n) is 4.21. The van der Waals surface area contributed by atoms with Crippen LogP contribution in [-0.2, 0) is 9.53 Å². The molecule has 1 amide bonds. The number of anilines is 3. The van der Waals surface area contributed by atoms with Gasteiger partial charge in [0.15, 0.2) is 5.65 Å². The Balaban J connectivity index is 1.46. The standard InChI is InChI=1S/C24H29N5O2S/c1-13-25-21-17(12-20(28-22(21)26-13)29-23(30)14-5-6-14)27-16-8-7-15(11-19(16)32-4)18-9-10-24(2,3)31-18/h7-8,11-12,14,18H,5-6,9-10H2,1-4H3,(H3,25,26,27,28,29,30). The molecule has 1 atom stereocenters. The Hall–Kier alpha value is -2.58. The number of carbonyl (C=O) groups excluding carboxylic acids is 1. The van der Waals surface area contributed by atoms with E-state index in [1.165, 1.54) is 5.56 Å². The number of nitrogens with zero attached hydrogens (tertiary/aromatic N) is 2. The van der Waals surface area contributed by atoms with Crippen molar-refractivity contribution in [2.75, 3.05) is 16.9 Å². The highest BCUT2D eigenvalue weighted by molar-refractivity contribution is 7.98. The number of hydrogen-bond donors (Lipinski definition) is 3. The van der Waals surface area contributed by atoms with Crippen LogP contribution < -0.4 is 10.6 Å². The lowest BCUT2D eigenvalue weighted by atomic mass is 10.0. The minimum absolute atomic E-state index is 0.0349. The monoisotopic (exact) mass is 451 g/mol. The zero-order valence-electron chi connectivity index (χ0n) is 18.9. The van der Waals surface area contributed by atoms with E-state index in [-0.39, 0.29) is 23.5 Å². The summed E-state index contributed by atoms with van der Waals surface area (Å²) in [6.45, 7) is 6.20.